The Balaban J connectivity index is 2.45. The molecule has 94 valence electrons. The summed E-state index contributed by atoms with van der Waals surface area (Å²) in [5.74, 6) is 0. The van der Waals surface area contributed by atoms with Crippen molar-refractivity contribution in [1.82, 2.24) is 0 Å². The minimum atomic E-state index is 1.15. The molecule has 0 bridgehead atoms. The number of benzene rings is 3. The summed E-state index contributed by atoms with van der Waals surface area (Å²) in [5, 5.41) is 2.56. The van der Waals surface area contributed by atoms with Crippen LogP contribution in [0.1, 0.15) is 0 Å². The van der Waals surface area contributed by atoms with Gasteiger partial charge in [-0.05, 0) is 73.7 Å². The van der Waals surface area contributed by atoms with Crippen LogP contribution in [0.15, 0.2) is 59.1 Å². The third kappa shape index (κ3) is 2.56. The summed E-state index contributed by atoms with van der Waals surface area (Å²) in [6, 6.07) is 19.3. The normalized spacial score (nSPS) is 10.9. The molecule has 3 aromatic rings. The van der Waals surface area contributed by atoms with Crippen LogP contribution in [-0.4, -0.2) is 0 Å². The molecule has 3 heteroatoms. The third-order valence-electron chi connectivity index (χ3n) is 3.09. The molecule has 0 atom stereocenters. The fourth-order valence-corrected chi connectivity index (χ4v) is 4.79. The maximum absolute atomic E-state index is 3.67. The van der Waals surface area contributed by atoms with E-state index >= 15 is 0 Å². The zero-order chi connectivity index (χ0) is 13.4. The van der Waals surface area contributed by atoms with Crippen molar-refractivity contribution in [1.29, 1.82) is 0 Å². The molecule has 0 unspecified atom stereocenters. The van der Waals surface area contributed by atoms with E-state index in [1.807, 2.05) is 0 Å². The lowest BCUT2D eigenvalue weighted by atomic mass is 9.98. The molecule has 0 aromatic heterocycles. The second-order valence-corrected chi connectivity index (χ2v) is 7.42. The lowest BCUT2D eigenvalue weighted by molar-refractivity contribution is 1.57. The number of hydrogen-bond donors (Lipinski definition) is 0. The van der Waals surface area contributed by atoms with Gasteiger partial charge < -0.3 is 0 Å². The highest BCUT2D eigenvalue weighted by Gasteiger charge is 2.12. The van der Waals surface area contributed by atoms with Crippen molar-refractivity contribution in [3.05, 3.63) is 66.2 Å². The first-order valence-electron chi connectivity index (χ1n) is 5.80. The van der Waals surface area contributed by atoms with Crippen LogP contribution in [0.4, 0.5) is 0 Å². The summed E-state index contributed by atoms with van der Waals surface area (Å²) >= 11 is 8.49. The molecule has 0 radical (unpaired) electrons. The Labute approximate surface area is 148 Å². The summed E-state index contributed by atoms with van der Waals surface area (Å²) in [5.41, 5.74) is 2.63. The van der Waals surface area contributed by atoms with Crippen molar-refractivity contribution in [2.45, 2.75) is 0 Å². The van der Waals surface area contributed by atoms with Crippen molar-refractivity contribution in [3.8, 4) is 11.1 Å². The van der Waals surface area contributed by atoms with Gasteiger partial charge in [0, 0.05) is 17.2 Å². The van der Waals surface area contributed by atoms with Crippen LogP contribution in [-0.2, 0) is 0 Å². The van der Waals surface area contributed by atoms with Crippen LogP contribution >= 0.6 is 61.1 Å². The molecule has 0 amide bonds. The maximum Gasteiger partial charge on any atom is 0.0264 e. The second kappa shape index (κ2) is 5.69. The Kier molecular flexibility index (Phi) is 4.14. The van der Waals surface area contributed by atoms with Crippen LogP contribution in [0.5, 0.6) is 0 Å². The zero-order valence-electron chi connectivity index (χ0n) is 9.83. The molecule has 0 saturated carbocycles. The van der Waals surface area contributed by atoms with Gasteiger partial charge in [0.2, 0.25) is 0 Å². The van der Waals surface area contributed by atoms with Crippen molar-refractivity contribution >= 4 is 71.9 Å². The summed E-state index contributed by atoms with van der Waals surface area (Å²) in [4.78, 5) is 0. The number of rotatable bonds is 1. The van der Waals surface area contributed by atoms with Gasteiger partial charge in [-0.2, -0.15) is 0 Å². The highest BCUT2D eigenvalue weighted by atomic mass is 127. The lowest BCUT2D eigenvalue weighted by Crippen LogP contribution is -1.89. The molecular formula is C16H9BrI2. The van der Waals surface area contributed by atoms with Crippen molar-refractivity contribution in [3.63, 3.8) is 0 Å². The Bertz CT molecular complexity index is 766. The van der Waals surface area contributed by atoms with Crippen molar-refractivity contribution < 1.29 is 0 Å². The average Bonchev–Trinajstić information content (AvgIpc) is 2.41. The predicted octanol–water partition coefficient (Wildman–Crippen LogP) is 6.48. The van der Waals surface area contributed by atoms with E-state index in [4.69, 9.17) is 0 Å². The monoisotopic (exact) mass is 534 g/mol. The van der Waals surface area contributed by atoms with E-state index < -0.39 is 0 Å². The fraction of sp³-hybridized carbons (Fsp3) is 0. The van der Waals surface area contributed by atoms with Crippen molar-refractivity contribution in [2.24, 2.45) is 0 Å². The quantitative estimate of drug-likeness (QED) is 0.314. The maximum atomic E-state index is 3.67. The molecule has 0 aliphatic rings. The second-order valence-electron chi connectivity index (χ2n) is 4.24. The van der Waals surface area contributed by atoms with E-state index in [1.165, 1.54) is 29.0 Å². The highest BCUT2D eigenvalue weighted by molar-refractivity contribution is 14.1. The van der Waals surface area contributed by atoms with Gasteiger partial charge in [-0.25, -0.2) is 0 Å². The third-order valence-corrected chi connectivity index (χ3v) is 5.54. The van der Waals surface area contributed by atoms with E-state index in [0.717, 1.165) is 4.47 Å². The van der Waals surface area contributed by atoms with Crippen LogP contribution in [0.25, 0.3) is 21.9 Å². The number of fused-ring (bicyclic) bond motifs is 1. The first-order chi connectivity index (χ1) is 9.18. The van der Waals surface area contributed by atoms with E-state index in [0.29, 0.717) is 0 Å². The summed E-state index contributed by atoms with van der Waals surface area (Å²) < 4.78 is 3.71. The Morgan fingerprint density at radius 2 is 1.37 bits per heavy atom. The summed E-state index contributed by atoms with van der Waals surface area (Å²) in [6.07, 6.45) is 0. The molecular weight excluding hydrogens is 526 g/mol. The molecule has 3 rings (SSSR count). The van der Waals surface area contributed by atoms with Crippen molar-refractivity contribution in [2.75, 3.05) is 0 Å². The van der Waals surface area contributed by atoms with Gasteiger partial charge in [0.15, 0.2) is 0 Å². The molecule has 19 heavy (non-hydrogen) atoms. The predicted molar refractivity (Wildman–Crippen MR) is 103 cm³/mol. The van der Waals surface area contributed by atoms with Crippen LogP contribution in [0.2, 0.25) is 0 Å². The van der Waals surface area contributed by atoms with Gasteiger partial charge in [0.1, 0.15) is 0 Å². The molecule has 0 fully saturated rings. The summed E-state index contributed by atoms with van der Waals surface area (Å²) in [7, 11) is 0. The Hall–Kier alpha value is -0.140. The summed E-state index contributed by atoms with van der Waals surface area (Å²) in [6.45, 7) is 0. The van der Waals surface area contributed by atoms with E-state index in [2.05, 4.69) is 116 Å². The minimum Gasteiger partial charge on any atom is -0.0616 e. The van der Waals surface area contributed by atoms with Crippen LogP contribution < -0.4 is 0 Å². The fourth-order valence-electron chi connectivity index (χ4n) is 2.24. The zero-order valence-corrected chi connectivity index (χ0v) is 15.7. The molecule has 3 aromatic carbocycles. The van der Waals surface area contributed by atoms with Gasteiger partial charge in [-0.1, -0.05) is 58.4 Å². The van der Waals surface area contributed by atoms with E-state index in [1.54, 1.807) is 0 Å². The molecule has 0 aliphatic carbocycles. The van der Waals surface area contributed by atoms with E-state index in [-0.39, 0.29) is 0 Å². The molecule has 0 spiro atoms. The van der Waals surface area contributed by atoms with Gasteiger partial charge in [-0.15, -0.1) is 0 Å². The van der Waals surface area contributed by atoms with Gasteiger partial charge in [0.25, 0.3) is 0 Å². The topological polar surface area (TPSA) is 0 Å². The van der Waals surface area contributed by atoms with E-state index in [9.17, 15) is 0 Å². The Morgan fingerprint density at radius 3 is 2.11 bits per heavy atom. The Morgan fingerprint density at radius 1 is 0.737 bits per heavy atom. The highest BCUT2D eigenvalue weighted by Crippen LogP contribution is 2.38. The largest absolute Gasteiger partial charge is 0.0616 e. The molecule has 0 aliphatic heterocycles. The molecule has 0 nitrogen and oxygen atoms in total. The number of hydrogen-bond acceptors (Lipinski definition) is 0. The first kappa shape index (κ1) is 13.8. The van der Waals surface area contributed by atoms with Crippen LogP contribution in [0.3, 0.4) is 0 Å². The first-order valence-corrected chi connectivity index (χ1v) is 8.75. The average molecular weight is 535 g/mol. The molecule has 0 heterocycles. The minimum absolute atomic E-state index is 1.15. The molecule has 0 saturated heterocycles. The molecule has 0 N–H and O–H groups in total. The van der Waals surface area contributed by atoms with Crippen LogP contribution in [0, 0.1) is 7.14 Å². The SMILES string of the molecule is Brc1cc(I)c(-c2ccccc2I)c2ccccc12. The van der Waals surface area contributed by atoms with Gasteiger partial charge in [0.05, 0.1) is 0 Å². The van der Waals surface area contributed by atoms with Gasteiger partial charge >= 0.3 is 0 Å². The smallest absolute Gasteiger partial charge is 0.0264 e. The standard InChI is InChI=1S/C16H9BrI2/c17-13-9-15(19)16(11-6-2-1-5-10(11)13)12-7-3-4-8-14(12)18/h1-9H. The number of halogens is 3. The van der Waals surface area contributed by atoms with Gasteiger partial charge in [-0.3, -0.25) is 0 Å². The lowest BCUT2D eigenvalue weighted by Gasteiger charge is -2.13.